The SMILES string of the molecule is Cc1ccc(NC(c2cccc(Oc3ccccc3)c2)c2nnnn2C(C)(C)C)cc1. The Bertz CT molecular complexity index is 1130. The van der Waals surface area contributed by atoms with Crippen molar-refractivity contribution in [2.24, 2.45) is 0 Å². The highest BCUT2D eigenvalue weighted by molar-refractivity contribution is 5.49. The van der Waals surface area contributed by atoms with E-state index >= 15 is 0 Å². The van der Waals surface area contributed by atoms with Gasteiger partial charge in [0, 0.05) is 5.69 Å². The summed E-state index contributed by atoms with van der Waals surface area (Å²) in [7, 11) is 0. The largest absolute Gasteiger partial charge is 0.457 e. The third-order valence-corrected chi connectivity index (χ3v) is 4.92. The normalized spacial score (nSPS) is 12.4. The fourth-order valence-corrected chi connectivity index (χ4v) is 3.35. The van der Waals surface area contributed by atoms with Crippen LogP contribution in [-0.2, 0) is 5.54 Å². The van der Waals surface area contributed by atoms with Gasteiger partial charge in [0.1, 0.15) is 17.5 Å². The van der Waals surface area contributed by atoms with E-state index in [4.69, 9.17) is 4.74 Å². The lowest BCUT2D eigenvalue weighted by Crippen LogP contribution is -2.29. The molecule has 31 heavy (non-hydrogen) atoms. The van der Waals surface area contributed by atoms with Gasteiger partial charge in [0.2, 0.25) is 0 Å². The molecule has 0 spiro atoms. The van der Waals surface area contributed by atoms with Crippen molar-refractivity contribution in [2.45, 2.75) is 39.3 Å². The number of hydrogen-bond acceptors (Lipinski definition) is 5. The number of rotatable bonds is 6. The fourth-order valence-electron chi connectivity index (χ4n) is 3.35. The first-order valence-electron chi connectivity index (χ1n) is 10.3. The Hall–Kier alpha value is -3.67. The standard InChI is InChI=1S/C25H27N5O/c1-18-13-15-20(16-14-18)26-23(24-27-28-29-30(24)25(2,3)4)19-9-8-12-22(17-19)31-21-10-6-5-7-11-21/h5-17,23,26H,1-4H3. The number of anilines is 1. The minimum atomic E-state index is -0.260. The van der Waals surface area contributed by atoms with Gasteiger partial charge in [-0.2, -0.15) is 0 Å². The first-order valence-corrected chi connectivity index (χ1v) is 10.3. The molecular weight excluding hydrogens is 386 g/mol. The predicted molar refractivity (Wildman–Crippen MR) is 122 cm³/mol. The summed E-state index contributed by atoms with van der Waals surface area (Å²) >= 11 is 0. The summed E-state index contributed by atoms with van der Waals surface area (Å²) in [6.45, 7) is 8.34. The molecule has 0 aliphatic heterocycles. The molecule has 158 valence electrons. The molecule has 0 aliphatic carbocycles. The van der Waals surface area contributed by atoms with Gasteiger partial charge in [0.15, 0.2) is 5.82 Å². The molecule has 0 bridgehead atoms. The van der Waals surface area contributed by atoms with Gasteiger partial charge in [-0.1, -0.05) is 48.0 Å². The number of ether oxygens (including phenoxy) is 1. The number of aryl methyl sites for hydroxylation is 1. The van der Waals surface area contributed by atoms with Gasteiger partial charge in [-0.05, 0) is 80.1 Å². The Morgan fingerprint density at radius 1 is 0.871 bits per heavy atom. The van der Waals surface area contributed by atoms with Crippen molar-refractivity contribution < 1.29 is 4.74 Å². The number of aromatic nitrogens is 4. The Labute approximate surface area is 182 Å². The van der Waals surface area contributed by atoms with Gasteiger partial charge in [-0.15, -0.1) is 5.10 Å². The number of nitrogens with one attached hydrogen (secondary N) is 1. The summed E-state index contributed by atoms with van der Waals surface area (Å²) in [5.41, 5.74) is 2.95. The third-order valence-electron chi connectivity index (χ3n) is 4.92. The van der Waals surface area contributed by atoms with Crippen molar-refractivity contribution in [2.75, 3.05) is 5.32 Å². The molecule has 0 saturated heterocycles. The molecule has 0 amide bonds. The molecule has 1 heterocycles. The maximum Gasteiger partial charge on any atom is 0.178 e. The van der Waals surface area contributed by atoms with E-state index in [1.807, 2.05) is 53.2 Å². The second-order valence-corrected chi connectivity index (χ2v) is 8.55. The second-order valence-electron chi connectivity index (χ2n) is 8.55. The molecule has 6 nitrogen and oxygen atoms in total. The number of hydrogen-bond donors (Lipinski definition) is 1. The van der Waals surface area contributed by atoms with E-state index in [9.17, 15) is 0 Å². The van der Waals surface area contributed by atoms with Crippen molar-refractivity contribution in [1.29, 1.82) is 0 Å². The highest BCUT2D eigenvalue weighted by atomic mass is 16.5. The Morgan fingerprint density at radius 3 is 2.29 bits per heavy atom. The summed E-state index contributed by atoms with van der Waals surface area (Å²) in [5, 5.41) is 16.2. The average molecular weight is 414 g/mol. The van der Waals surface area contributed by atoms with Gasteiger partial charge in [0.05, 0.1) is 5.54 Å². The average Bonchev–Trinajstić information content (AvgIpc) is 3.24. The summed E-state index contributed by atoms with van der Waals surface area (Å²) in [4.78, 5) is 0. The van der Waals surface area contributed by atoms with Crippen molar-refractivity contribution in [3.05, 3.63) is 95.8 Å². The molecule has 1 aromatic heterocycles. The van der Waals surface area contributed by atoms with Crippen LogP contribution in [0.4, 0.5) is 5.69 Å². The van der Waals surface area contributed by atoms with Crippen molar-refractivity contribution in [1.82, 2.24) is 20.2 Å². The molecule has 4 aromatic rings. The molecule has 1 N–H and O–H groups in total. The lowest BCUT2D eigenvalue weighted by Gasteiger charge is -2.25. The quantitative estimate of drug-likeness (QED) is 0.437. The molecule has 1 atom stereocenters. The third kappa shape index (κ3) is 4.91. The molecule has 4 rings (SSSR count). The van der Waals surface area contributed by atoms with Crippen LogP contribution in [0.3, 0.4) is 0 Å². The van der Waals surface area contributed by atoms with Crippen LogP contribution in [0.2, 0.25) is 0 Å². The number of benzene rings is 3. The van der Waals surface area contributed by atoms with Crippen molar-refractivity contribution in [3.63, 3.8) is 0 Å². The van der Waals surface area contributed by atoms with Crippen LogP contribution in [0.25, 0.3) is 0 Å². The monoisotopic (exact) mass is 413 g/mol. The van der Waals surface area contributed by atoms with Crippen LogP contribution < -0.4 is 10.1 Å². The highest BCUT2D eigenvalue weighted by Gasteiger charge is 2.27. The molecule has 0 radical (unpaired) electrons. The van der Waals surface area contributed by atoms with Gasteiger partial charge in [0.25, 0.3) is 0 Å². The summed E-state index contributed by atoms with van der Waals surface area (Å²) in [5.74, 6) is 2.29. The molecule has 0 fully saturated rings. The van der Waals surface area contributed by atoms with Crippen LogP contribution in [0, 0.1) is 6.92 Å². The van der Waals surface area contributed by atoms with E-state index < -0.39 is 0 Å². The van der Waals surface area contributed by atoms with E-state index in [0.29, 0.717) is 0 Å². The minimum Gasteiger partial charge on any atom is -0.457 e. The minimum absolute atomic E-state index is 0.253. The van der Waals surface area contributed by atoms with E-state index in [0.717, 1.165) is 28.6 Å². The Balaban J connectivity index is 1.73. The Morgan fingerprint density at radius 2 is 1.58 bits per heavy atom. The smallest absolute Gasteiger partial charge is 0.178 e. The highest BCUT2D eigenvalue weighted by Crippen LogP contribution is 2.31. The van der Waals surface area contributed by atoms with E-state index in [-0.39, 0.29) is 11.6 Å². The maximum atomic E-state index is 6.06. The van der Waals surface area contributed by atoms with Crippen LogP contribution in [-0.4, -0.2) is 20.2 Å². The molecule has 0 aliphatic rings. The van der Waals surface area contributed by atoms with Gasteiger partial charge in [-0.3, -0.25) is 0 Å². The van der Waals surface area contributed by atoms with E-state index in [2.05, 4.69) is 78.9 Å². The summed E-state index contributed by atoms with van der Waals surface area (Å²) in [6.07, 6.45) is 0. The van der Waals surface area contributed by atoms with E-state index in [1.165, 1.54) is 5.56 Å². The van der Waals surface area contributed by atoms with Crippen LogP contribution in [0.1, 0.15) is 43.8 Å². The van der Waals surface area contributed by atoms with Gasteiger partial charge in [-0.25, -0.2) is 4.68 Å². The van der Waals surface area contributed by atoms with Crippen molar-refractivity contribution in [3.8, 4) is 11.5 Å². The molecule has 6 heteroatoms. The second kappa shape index (κ2) is 8.60. The molecule has 1 unspecified atom stereocenters. The molecule has 0 saturated carbocycles. The maximum absolute atomic E-state index is 6.06. The fraction of sp³-hybridized carbons (Fsp3) is 0.240. The van der Waals surface area contributed by atoms with Gasteiger partial charge < -0.3 is 10.1 Å². The van der Waals surface area contributed by atoms with Crippen LogP contribution in [0.15, 0.2) is 78.9 Å². The lowest BCUT2D eigenvalue weighted by atomic mass is 10.0. The van der Waals surface area contributed by atoms with E-state index in [1.54, 1.807) is 0 Å². The first kappa shape index (κ1) is 20.6. The number of para-hydroxylation sites is 1. The van der Waals surface area contributed by atoms with Crippen LogP contribution in [0.5, 0.6) is 11.5 Å². The molecule has 3 aromatic carbocycles. The first-order chi connectivity index (χ1) is 14.9. The number of nitrogens with zero attached hydrogens (tertiary/aromatic N) is 4. The zero-order chi connectivity index (χ0) is 21.8. The zero-order valence-corrected chi connectivity index (χ0v) is 18.3. The predicted octanol–water partition coefficient (Wildman–Crippen LogP) is 5.73. The molecular formula is C25H27N5O. The Kier molecular flexibility index (Phi) is 5.71. The summed E-state index contributed by atoms with van der Waals surface area (Å²) < 4.78 is 7.93. The van der Waals surface area contributed by atoms with Crippen molar-refractivity contribution >= 4 is 5.69 Å². The van der Waals surface area contributed by atoms with Crippen LogP contribution >= 0.6 is 0 Å². The number of tetrazole rings is 1. The zero-order valence-electron chi connectivity index (χ0n) is 18.3. The summed E-state index contributed by atoms with van der Waals surface area (Å²) in [6, 6.07) is 25.8. The van der Waals surface area contributed by atoms with Gasteiger partial charge >= 0.3 is 0 Å². The topological polar surface area (TPSA) is 64.9 Å². The lowest BCUT2D eigenvalue weighted by molar-refractivity contribution is 0.333.